The molecule has 0 fully saturated rings. The van der Waals surface area contributed by atoms with E-state index >= 15 is 0 Å². The minimum Gasteiger partial charge on any atom is -0.480 e. The summed E-state index contributed by atoms with van der Waals surface area (Å²) in [5, 5.41) is 8.06. The van der Waals surface area contributed by atoms with Crippen LogP contribution < -0.4 is 11.9 Å². The number of nitrogens with two attached hydrogens (primary N) is 1. The Labute approximate surface area is 48.3 Å². The molecule has 50 valence electrons. The zero-order valence-corrected chi connectivity index (χ0v) is 4.92. The first-order valence-electron chi connectivity index (χ1n) is 2.17. The molecule has 0 bridgehead atoms. The highest BCUT2D eigenvalue weighted by Gasteiger charge is 2.05. The van der Waals surface area contributed by atoms with E-state index in [9.17, 15) is 4.79 Å². The van der Waals surface area contributed by atoms with E-state index in [1.165, 1.54) is 0 Å². The van der Waals surface area contributed by atoms with Crippen LogP contribution in [0.2, 0.25) is 0 Å². The van der Waals surface area contributed by atoms with Crippen molar-refractivity contribution >= 4 is 5.97 Å². The van der Waals surface area contributed by atoms with Crippen LogP contribution in [0, 0.1) is 0 Å². The van der Waals surface area contributed by atoms with Crippen molar-refractivity contribution in [3.8, 4) is 0 Å². The second kappa shape index (κ2) is 4.55. The van der Waals surface area contributed by atoms with Crippen molar-refractivity contribution in [2.75, 3.05) is 0 Å². The molecule has 0 amide bonds. The van der Waals surface area contributed by atoms with Gasteiger partial charge in [-0.25, -0.2) is 0 Å². The third kappa shape index (κ3) is 3.58. The molecule has 0 radical (unpaired) electrons. The van der Waals surface area contributed by atoms with Crippen LogP contribution in [-0.4, -0.2) is 17.1 Å². The number of carbonyl (C=O) groups is 1. The van der Waals surface area contributed by atoms with Gasteiger partial charge in [0.2, 0.25) is 0 Å². The summed E-state index contributed by atoms with van der Waals surface area (Å²) in [5.41, 5.74) is 5.02. The summed E-state index contributed by atoms with van der Waals surface area (Å²) in [4.78, 5) is 9.81. The molecule has 0 aliphatic heterocycles. The van der Waals surface area contributed by atoms with Crippen LogP contribution in [0.1, 0.15) is 13.3 Å². The van der Waals surface area contributed by atoms with Gasteiger partial charge in [0.05, 0.1) is 0 Å². The Kier molecular flexibility index (Phi) is 5.90. The maximum atomic E-state index is 9.81. The van der Waals surface area contributed by atoms with Crippen LogP contribution in [0.15, 0.2) is 0 Å². The Morgan fingerprint density at radius 2 is 2.25 bits per heavy atom. The maximum Gasteiger partial charge on any atom is 0.320 e. The molecule has 0 aliphatic carbocycles. The van der Waals surface area contributed by atoms with Crippen LogP contribution >= 0.6 is 0 Å². The lowest BCUT2D eigenvalue weighted by Crippen LogP contribution is -2.28. The van der Waals surface area contributed by atoms with E-state index < -0.39 is 12.0 Å². The summed E-state index contributed by atoms with van der Waals surface area (Å²) < 4.78 is 0. The van der Waals surface area contributed by atoms with E-state index in [1.807, 2.05) is 0 Å². The largest absolute Gasteiger partial charge is 0.480 e. The first-order valence-corrected chi connectivity index (χ1v) is 2.17. The number of hydrogen-bond acceptors (Lipinski definition) is 3. The summed E-state index contributed by atoms with van der Waals surface area (Å²) in [6.45, 7) is 1.73. The van der Waals surface area contributed by atoms with Gasteiger partial charge < -0.3 is 17.0 Å². The van der Waals surface area contributed by atoms with E-state index in [-0.39, 0.29) is 6.15 Å². The average Bonchev–Trinajstić information content (AvgIpc) is 1.65. The Bertz CT molecular complexity index is 74.4. The fraction of sp³-hybridized carbons (Fsp3) is 0.750. The second-order valence-electron chi connectivity index (χ2n) is 1.35. The van der Waals surface area contributed by atoms with Gasteiger partial charge in [-0.3, -0.25) is 4.79 Å². The molecule has 1 atom stereocenters. The number of carboxylic acids is 1. The quantitative estimate of drug-likeness (QED) is 0.476. The molecule has 4 nitrogen and oxygen atoms in total. The lowest BCUT2D eigenvalue weighted by Gasteiger charge is -1.97. The Balaban J connectivity index is 0. The molecule has 4 heteroatoms. The van der Waals surface area contributed by atoms with Crippen LogP contribution in [-0.2, 0) is 4.79 Å². The predicted octanol–water partition coefficient (Wildman–Crippen LogP) is -0.0297. The Hall–Kier alpha value is -0.610. The van der Waals surface area contributed by atoms with Crippen molar-refractivity contribution in [3.05, 3.63) is 0 Å². The normalized spacial score (nSPS) is 11.8. The molecule has 6 N–H and O–H groups in total. The lowest BCUT2D eigenvalue weighted by molar-refractivity contribution is -0.138. The van der Waals surface area contributed by atoms with Crippen LogP contribution in [0.25, 0.3) is 0 Å². The first-order chi connectivity index (χ1) is 3.18. The summed E-state index contributed by atoms with van der Waals surface area (Å²) in [5.74, 6) is -0.928. The van der Waals surface area contributed by atoms with E-state index in [0.717, 1.165) is 0 Å². The Morgan fingerprint density at radius 1 is 1.88 bits per heavy atom. The number of aliphatic carboxylic acids is 1. The van der Waals surface area contributed by atoms with Crippen LogP contribution in [0.4, 0.5) is 0 Å². The molecule has 0 saturated carbocycles. The smallest absolute Gasteiger partial charge is 0.320 e. The van der Waals surface area contributed by atoms with Gasteiger partial charge in [0, 0.05) is 0 Å². The van der Waals surface area contributed by atoms with E-state index in [1.54, 1.807) is 6.92 Å². The molecule has 0 spiro atoms. The van der Waals surface area contributed by atoms with Crippen molar-refractivity contribution < 1.29 is 9.90 Å². The second-order valence-corrected chi connectivity index (χ2v) is 1.35. The number of rotatable bonds is 2. The third-order valence-electron chi connectivity index (χ3n) is 0.757. The summed E-state index contributed by atoms with van der Waals surface area (Å²) in [6.07, 6.45) is 0.495. The van der Waals surface area contributed by atoms with Gasteiger partial charge in [-0.2, -0.15) is 0 Å². The van der Waals surface area contributed by atoms with Gasteiger partial charge in [-0.1, -0.05) is 6.92 Å². The molecule has 0 rings (SSSR count). The van der Waals surface area contributed by atoms with Crippen molar-refractivity contribution in [1.29, 1.82) is 0 Å². The van der Waals surface area contributed by atoms with Gasteiger partial charge in [-0.05, 0) is 6.42 Å². The molecule has 0 aromatic rings. The maximum absolute atomic E-state index is 9.81. The minimum atomic E-state index is -0.928. The summed E-state index contributed by atoms with van der Waals surface area (Å²) >= 11 is 0. The van der Waals surface area contributed by atoms with Gasteiger partial charge in [0.25, 0.3) is 0 Å². The van der Waals surface area contributed by atoms with Crippen LogP contribution in [0.3, 0.4) is 0 Å². The Morgan fingerprint density at radius 3 is 2.25 bits per heavy atom. The average molecular weight is 120 g/mol. The number of carboxylic acid groups (broad SMARTS) is 1. The minimum absolute atomic E-state index is 0. The fourth-order valence-electron chi connectivity index (χ4n) is 0.175. The highest BCUT2D eigenvalue weighted by Crippen LogP contribution is 1.82. The van der Waals surface area contributed by atoms with Gasteiger partial charge >= 0.3 is 5.97 Å². The topological polar surface area (TPSA) is 98.3 Å². The third-order valence-corrected chi connectivity index (χ3v) is 0.757. The fourth-order valence-corrected chi connectivity index (χ4v) is 0.175. The highest BCUT2D eigenvalue weighted by molar-refractivity contribution is 5.72. The van der Waals surface area contributed by atoms with Gasteiger partial charge in [0.15, 0.2) is 0 Å². The predicted molar refractivity (Wildman–Crippen MR) is 30.9 cm³/mol. The van der Waals surface area contributed by atoms with Crippen molar-refractivity contribution in [2.45, 2.75) is 19.4 Å². The van der Waals surface area contributed by atoms with E-state index in [4.69, 9.17) is 10.8 Å². The number of hydrogen-bond donors (Lipinski definition) is 3. The SMILES string of the molecule is CC[C@H](N)C(=O)O.N. The molecular formula is C4H12N2O2. The standard InChI is InChI=1S/C4H9NO2.H3N/c1-2-3(5)4(6)7;/h3H,2,5H2,1H3,(H,6,7);1H3/t3-;/m0./s1. The van der Waals surface area contributed by atoms with E-state index in [0.29, 0.717) is 6.42 Å². The monoisotopic (exact) mass is 120 g/mol. The molecule has 0 aliphatic rings. The zero-order chi connectivity index (χ0) is 5.86. The molecule has 0 heterocycles. The highest BCUT2D eigenvalue weighted by atomic mass is 16.4. The van der Waals surface area contributed by atoms with Crippen molar-refractivity contribution in [2.24, 2.45) is 5.73 Å². The zero-order valence-electron chi connectivity index (χ0n) is 4.92. The van der Waals surface area contributed by atoms with Crippen molar-refractivity contribution in [1.82, 2.24) is 6.15 Å². The molecule has 0 unspecified atom stereocenters. The van der Waals surface area contributed by atoms with Gasteiger partial charge in [-0.15, -0.1) is 0 Å². The van der Waals surface area contributed by atoms with Crippen LogP contribution in [0.5, 0.6) is 0 Å². The molecule has 0 aromatic carbocycles. The lowest BCUT2D eigenvalue weighted by atomic mass is 10.2. The van der Waals surface area contributed by atoms with Gasteiger partial charge in [0.1, 0.15) is 6.04 Å². The van der Waals surface area contributed by atoms with E-state index in [2.05, 4.69) is 0 Å². The summed E-state index contributed by atoms with van der Waals surface area (Å²) in [6, 6.07) is -0.681. The summed E-state index contributed by atoms with van der Waals surface area (Å²) in [7, 11) is 0. The molecule has 8 heavy (non-hydrogen) atoms. The molecule has 0 saturated heterocycles. The van der Waals surface area contributed by atoms with Crippen molar-refractivity contribution in [3.63, 3.8) is 0 Å². The molecule has 0 aromatic heterocycles. The molecular weight excluding hydrogens is 108 g/mol. The first kappa shape index (κ1) is 10.4.